The number of phenols is 1. The second-order valence-corrected chi connectivity index (χ2v) is 5.26. The van der Waals surface area contributed by atoms with Crippen molar-refractivity contribution in [2.75, 3.05) is 0 Å². The Morgan fingerprint density at radius 1 is 1.41 bits per heavy atom. The summed E-state index contributed by atoms with van der Waals surface area (Å²) >= 11 is 0. The zero-order valence-electron chi connectivity index (χ0n) is 10.5. The Balaban J connectivity index is 3.49. The quantitative estimate of drug-likeness (QED) is 0.612. The lowest BCUT2D eigenvalue weighted by Gasteiger charge is -2.27. The zero-order chi connectivity index (χ0) is 13.4. The number of nitrogens with two attached hydrogens (primary N) is 1. The summed E-state index contributed by atoms with van der Waals surface area (Å²) in [5, 5.41) is 20.9. The summed E-state index contributed by atoms with van der Waals surface area (Å²) in [6, 6.07) is 2.31. The minimum absolute atomic E-state index is 0.0818. The number of phenolic OH excluding ortho intramolecular Hbond substituents is 1. The Hall–Kier alpha value is -1.62. The summed E-state index contributed by atoms with van der Waals surface area (Å²) < 4.78 is 0. The molecule has 0 aliphatic rings. The monoisotopic (exact) mass is 238 g/mol. The molecule has 0 fully saturated rings. The highest BCUT2D eigenvalue weighted by Crippen LogP contribution is 2.41. The Kier molecular flexibility index (Phi) is 3.43. The van der Waals surface area contributed by atoms with Crippen LogP contribution in [0.5, 0.6) is 5.75 Å². The van der Waals surface area contributed by atoms with Crippen molar-refractivity contribution in [3.8, 4) is 5.75 Å². The van der Waals surface area contributed by atoms with Gasteiger partial charge in [0, 0.05) is 12.1 Å². The fraction of sp³-hybridized carbons (Fsp3) is 0.500. The number of nitro benzene ring substituents is 1. The highest BCUT2D eigenvalue weighted by molar-refractivity contribution is 5.54. The molecule has 0 heterocycles. The number of hydrogen-bond acceptors (Lipinski definition) is 4. The maximum absolute atomic E-state index is 11.0. The van der Waals surface area contributed by atoms with Gasteiger partial charge in [-0.3, -0.25) is 10.1 Å². The van der Waals surface area contributed by atoms with Crippen molar-refractivity contribution in [2.45, 2.75) is 33.7 Å². The third-order valence-corrected chi connectivity index (χ3v) is 2.84. The lowest BCUT2D eigenvalue weighted by Crippen LogP contribution is -2.27. The van der Waals surface area contributed by atoms with Gasteiger partial charge in [0.05, 0.1) is 10.5 Å². The van der Waals surface area contributed by atoms with Crippen LogP contribution >= 0.6 is 0 Å². The zero-order valence-corrected chi connectivity index (χ0v) is 10.5. The van der Waals surface area contributed by atoms with Crippen molar-refractivity contribution in [2.24, 2.45) is 11.1 Å². The molecular formula is C12H18N2O3. The number of aryl methyl sites for hydroxylation is 1. The maximum Gasteiger partial charge on any atom is 0.277 e. The third kappa shape index (κ3) is 2.55. The Bertz CT molecular complexity index is 450. The Morgan fingerprint density at radius 2 is 1.94 bits per heavy atom. The van der Waals surface area contributed by atoms with E-state index in [1.165, 1.54) is 12.1 Å². The van der Waals surface area contributed by atoms with E-state index in [1.54, 1.807) is 6.92 Å². The van der Waals surface area contributed by atoms with Gasteiger partial charge in [-0.05, 0) is 24.0 Å². The van der Waals surface area contributed by atoms with E-state index in [9.17, 15) is 15.2 Å². The van der Waals surface area contributed by atoms with Crippen molar-refractivity contribution < 1.29 is 10.0 Å². The van der Waals surface area contributed by atoms with Gasteiger partial charge in [0.15, 0.2) is 0 Å². The molecule has 0 amide bonds. The van der Waals surface area contributed by atoms with Crippen LogP contribution in [0.15, 0.2) is 12.1 Å². The van der Waals surface area contributed by atoms with E-state index in [0.29, 0.717) is 5.56 Å². The standard InChI is InChI=1S/C12H18N2O3/c1-7-5-6-8(14(16)17)9(10(7)15)11(13)12(2,3)4/h5-6,11,15H,13H2,1-4H3/t11-/m1/s1. The largest absolute Gasteiger partial charge is 0.507 e. The smallest absolute Gasteiger partial charge is 0.277 e. The molecule has 0 aliphatic carbocycles. The molecule has 0 unspecified atom stereocenters. The van der Waals surface area contributed by atoms with E-state index in [-0.39, 0.29) is 22.4 Å². The van der Waals surface area contributed by atoms with Crippen molar-refractivity contribution in [3.05, 3.63) is 33.4 Å². The van der Waals surface area contributed by atoms with E-state index < -0.39 is 11.0 Å². The number of benzene rings is 1. The molecule has 0 aromatic heterocycles. The van der Waals surface area contributed by atoms with Gasteiger partial charge in [-0.2, -0.15) is 0 Å². The molecule has 0 saturated heterocycles. The van der Waals surface area contributed by atoms with Gasteiger partial charge in [-0.1, -0.05) is 20.8 Å². The Morgan fingerprint density at radius 3 is 2.35 bits per heavy atom. The second kappa shape index (κ2) is 4.33. The van der Waals surface area contributed by atoms with E-state index in [4.69, 9.17) is 5.73 Å². The van der Waals surface area contributed by atoms with E-state index in [2.05, 4.69) is 0 Å². The Labute approximate surface area is 100 Å². The molecule has 0 bridgehead atoms. The lowest BCUT2D eigenvalue weighted by molar-refractivity contribution is -0.386. The first-order valence-corrected chi connectivity index (χ1v) is 5.38. The minimum Gasteiger partial charge on any atom is -0.507 e. The van der Waals surface area contributed by atoms with Gasteiger partial charge in [0.25, 0.3) is 5.69 Å². The molecule has 17 heavy (non-hydrogen) atoms. The van der Waals surface area contributed by atoms with Gasteiger partial charge in [-0.25, -0.2) is 0 Å². The number of nitro groups is 1. The highest BCUT2D eigenvalue weighted by Gasteiger charge is 2.32. The highest BCUT2D eigenvalue weighted by atomic mass is 16.6. The maximum atomic E-state index is 11.0. The van der Waals surface area contributed by atoms with Crippen LogP contribution in [0.2, 0.25) is 0 Å². The molecule has 0 saturated carbocycles. The molecule has 0 spiro atoms. The summed E-state index contributed by atoms with van der Waals surface area (Å²) in [6.45, 7) is 7.33. The normalized spacial score (nSPS) is 13.5. The second-order valence-electron chi connectivity index (χ2n) is 5.26. The summed E-state index contributed by atoms with van der Waals surface area (Å²) in [5.41, 5.74) is 6.32. The van der Waals surface area contributed by atoms with E-state index >= 15 is 0 Å². The average molecular weight is 238 g/mol. The third-order valence-electron chi connectivity index (χ3n) is 2.84. The summed E-state index contributed by atoms with van der Waals surface area (Å²) in [4.78, 5) is 10.4. The van der Waals surface area contributed by atoms with Crippen LogP contribution in [0.4, 0.5) is 5.69 Å². The number of nitrogens with zero attached hydrogens (tertiary/aromatic N) is 1. The fourth-order valence-corrected chi connectivity index (χ4v) is 1.61. The molecule has 0 radical (unpaired) electrons. The average Bonchev–Trinajstić information content (AvgIpc) is 2.19. The molecule has 1 rings (SSSR count). The van der Waals surface area contributed by atoms with Crippen LogP contribution in [0, 0.1) is 22.5 Å². The molecule has 5 heteroatoms. The fourth-order valence-electron chi connectivity index (χ4n) is 1.61. The van der Waals surface area contributed by atoms with E-state index in [1.807, 2.05) is 20.8 Å². The first-order valence-electron chi connectivity index (χ1n) is 5.38. The van der Waals surface area contributed by atoms with Crippen molar-refractivity contribution in [1.29, 1.82) is 0 Å². The predicted octanol–water partition coefficient (Wildman–Crippen LogP) is 2.65. The lowest BCUT2D eigenvalue weighted by atomic mass is 9.81. The molecule has 3 N–H and O–H groups in total. The summed E-state index contributed by atoms with van der Waals surface area (Å²) in [5.74, 6) is -0.0818. The number of aromatic hydroxyl groups is 1. The molecule has 1 aromatic carbocycles. The van der Waals surface area contributed by atoms with Gasteiger partial charge in [0.1, 0.15) is 5.75 Å². The molecule has 94 valence electrons. The molecule has 1 aromatic rings. The van der Waals surface area contributed by atoms with Gasteiger partial charge >= 0.3 is 0 Å². The predicted molar refractivity (Wildman–Crippen MR) is 65.9 cm³/mol. The molecule has 1 atom stereocenters. The van der Waals surface area contributed by atoms with Crippen molar-refractivity contribution >= 4 is 5.69 Å². The van der Waals surface area contributed by atoms with Crippen LogP contribution in [-0.4, -0.2) is 10.0 Å². The van der Waals surface area contributed by atoms with Gasteiger partial charge < -0.3 is 10.8 Å². The molecule has 0 aliphatic heterocycles. The molecule has 5 nitrogen and oxygen atoms in total. The first-order chi connectivity index (χ1) is 7.66. The van der Waals surface area contributed by atoms with Crippen LogP contribution < -0.4 is 5.73 Å². The number of rotatable bonds is 2. The number of hydrogen-bond donors (Lipinski definition) is 2. The topological polar surface area (TPSA) is 89.4 Å². The van der Waals surface area contributed by atoms with Gasteiger partial charge in [0.2, 0.25) is 0 Å². The SMILES string of the molecule is Cc1ccc([N+](=O)[O-])c([C@@H](N)C(C)(C)C)c1O. The van der Waals surface area contributed by atoms with Crippen LogP contribution in [0.1, 0.15) is 37.9 Å². The minimum atomic E-state index is -0.595. The van der Waals surface area contributed by atoms with Gasteiger partial charge in [-0.15, -0.1) is 0 Å². The summed E-state index contributed by atoms with van der Waals surface area (Å²) in [7, 11) is 0. The van der Waals surface area contributed by atoms with Crippen LogP contribution in [0.25, 0.3) is 0 Å². The van der Waals surface area contributed by atoms with Crippen molar-refractivity contribution in [1.82, 2.24) is 0 Å². The van der Waals surface area contributed by atoms with E-state index in [0.717, 1.165) is 0 Å². The first kappa shape index (κ1) is 13.4. The van der Waals surface area contributed by atoms with Crippen LogP contribution in [-0.2, 0) is 0 Å². The summed E-state index contributed by atoms with van der Waals surface area (Å²) in [6.07, 6.45) is 0. The van der Waals surface area contributed by atoms with Crippen LogP contribution in [0.3, 0.4) is 0 Å². The molecular weight excluding hydrogens is 220 g/mol. The van der Waals surface area contributed by atoms with Crippen molar-refractivity contribution in [3.63, 3.8) is 0 Å².